The van der Waals surface area contributed by atoms with Crippen LogP contribution < -0.4 is 10.1 Å². The maximum atomic E-state index is 12.2. The van der Waals surface area contributed by atoms with Gasteiger partial charge >= 0.3 is 6.03 Å². The number of hydrogen-bond acceptors (Lipinski definition) is 3. The van der Waals surface area contributed by atoms with Crippen LogP contribution in [0.1, 0.15) is 18.4 Å². The summed E-state index contributed by atoms with van der Waals surface area (Å²) in [5, 5.41) is 13.3. The molecule has 3 rings (SSSR count). The van der Waals surface area contributed by atoms with Crippen molar-refractivity contribution in [3.8, 4) is 5.75 Å². The average molecular weight is 317 g/mol. The van der Waals surface area contributed by atoms with Crippen LogP contribution in [0.15, 0.2) is 24.4 Å². The largest absolute Gasteiger partial charge is 0.496 e. The Hall–Kier alpha value is -2.21. The number of H-pyrrole nitrogens is 1. The van der Waals surface area contributed by atoms with Crippen LogP contribution in [0.3, 0.4) is 0 Å². The van der Waals surface area contributed by atoms with Crippen molar-refractivity contribution in [1.29, 1.82) is 0 Å². The summed E-state index contributed by atoms with van der Waals surface area (Å²) in [6, 6.07) is 5.77. The Bertz CT molecular complexity index is 683. The van der Waals surface area contributed by atoms with E-state index in [9.17, 15) is 9.90 Å². The van der Waals surface area contributed by atoms with Gasteiger partial charge in [-0.25, -0.2) is 4.79 Å². The molecule has 0 spiro atoms. The van der Waals surface area contributed by atoms with Crippen LogP contribution >= 0.6 is 0 Å². The van der Waals surface area contributed by atoms with Crippen LogP contribution in [0.5, 0.6) is 5.75 Å². The Morgan fingerprint density at radius 1 is 1.52 bits per heavy atom. The molecule has 6 nitrogen and oxygen atoms in total. The van der Waals surface area contributed by atoms with Crippen LogP contribution in [0.2, 0.25) is 0 Å². The zero-order chi connectivity index (χ0) is 16.2. The van der Waals surface area contributed by atoms with Crippen LogP contribution in [0, 0.1) is 0 Å². The molecular weight excluding hydrogens is 294 g/mol. The Balaban J connectivity index is 1.62. The summed E-state index contributed by atoms with van der Waals surface area (Å²) in [5.74, 6) is 0.838. The molecule has 2 heterocycles. The number of aromatic amines is 1. The van der Waals surface area contributed by atoms with Gasteiger partial charge in [-0.2, -0.15) is 0 Å². The molecule has 1 atom stereocenters. The number of nitrogens with one attached hydrogen (secondary N) is 2. The third-order valence-electron chi connectivity index (χ3n) is 4.49. The van der Waals surface area contributed by atoms with Crippen molar-refractivity contribution in [3.05, 3.63) is 30.0 Å². The minimum Gasteiger partial charge on any atom is -0.496 e. The number of urea groups is 1. The monoisotopic (exact) mass is 317 g/mol. The van der Waals surface area contributed by atoms with E-state index < -0.39 is 0 Å². The van der Waals surface area contributed by atoms with E-state index in [1.807, 2.05) is 24.4 Å². The van der Waals surface area contributed by atoms with Crippen LogP contribution in [-0.4, -0.2) is 53.9 Å². The number of likely N-dealkylation sites (tertiary alicyclic amines) is 1. The normalized spacial score (nSPS) is 17.7. The van der Waals surface area contributed by atoms with Gasteiger partial charge in [0.2, 0.25) is 0 Å². The minimum absolute atomic E-state index is 0.0348. The Morgan fingerprint density at radius 3 is 3.17 bits per heavy atom. The summed E-state index contributed by atoms with van der Waals surface area (Å²) in [4.78, 5) is 17.2. The Labute approximate surface area is 135 Å². The molecule has 1 aliphatic rings. The van der Waals surface area contributed by atoms with Gasteiger partial charge in [0.1, 0.15) is 5.75 Å². The highest BCUT2D eigenvalue weighted by molar-refractivity contribution is 5.89. The quantitative estimate of drug-likeness (QED) is 0.788. The van der Waals surface area contributed by atoms with Crippen LogP contribution in [0.4, 0.5) is 4.79 Å². The molecule has 0 saturated carbocycles. The molecule has 124 valence electrons. The van der Waals surface area contributed by atoms with Gasteiger partial charge in [0.25, 0.3) is 0 Å². The fourth-order valence-corrected chi connectivity index (χ4v) is 3.29. The van der Waals surface area contributed by atoms with E-state index in [0.717, 1.165) is 48.0 Å². The lowest BCUT2D eigenvalue weighted by Gasteiger charge is -2.23. The standard InChI is InChI=1S/C17H23N3O3/c1-23-15-6-2-5-14-16(15)12(10-19-14)7-8-18-17(22)20-9-3-4-13(20)11-21/h2,5-6,10,13,19,21H,3-4,7-9,11H2,1H3,(H,18,22). The Kier molecular flexibility index (Phi) is 4.71. The zero-order valence-electron chi connectivity index (χ0n) is 13.3. The van der Waals surface area contributed by atoms with Crippen molar-refractivity contribution in [1.82, 2.24) is 15.2 Å². The number of hydrogen-bond donors (Lipinski definition) is 3. The topological polar surface area (TPSA) is 77.6 Å². The highest BCUT2D eigenvalue weighted by atomic mass is 16.5. The van der Waals surface area contributed by atoms with Crippen molar-refractivity contribution in [2.75, 3.05) is 26.8 Å². The zero-order valence-corrected chi connectivity index (χ0v) is 13.3. The van der Waals surface area contributed by atoms with Crippen molar-refractivity contribution in [3.63, 3.8) is 0 Å². The Morgan fingerprint density at radius 2 is 2.39 bits per heavy atom. The van der Waals surface area contributed by atoms with Gasteiger partial charge in [-0.3, -0.25) is 0 Å². The first-order valence-corrected chi connectivity index (χ1v) is 8.03. The molecule has 1 unspecified atom stereocenters. The van der Waals surface area contributed by atoms with Crippen LogP contribution in [-0.2, 0) is 6.42 Å². The first-order valence-electron chi connectivity index (χ1n) is 8.03. The van der Waals surface area contributed by atoms with Crippen LogP contribution in [0.25, 0.3) is 10.9 Å². The lowest BCUT2D eigenvalue weighted by atomic mass is 10.1. The predicted octanol–water partition coefficient (Wildman–Crippen LogP) is 1.89. The summed E-state index contributed by atoms with van der Waals surface area (Å²) in [6.07, 6.45) is 4.53. The highest BCUT2D eigenvalue weighted by Gasteiger charge is 2.27. The number of benzene rings is 1. The number of aromatic nitrogens is 1. The van der Waals surface area contributed by atoms with E-state index >= 15 is 0 Å². The number of carbonyl (C=O) groups excluding carboxylic acids is 1. The molecule has 2 amide bonds. The predicted molar refractivity (Wildman–Crippen MR) is 88.8 cm³/mol. The van der Waals surface area contributed by atoms with Gasteiger partial charge in [0.05, 0.1) is 19.8 Å². The van der Waals surface area contributed by atoms with E-state index in [0.29, 0.717) is 6.54 Å². The number of rotatable bonds is 5. The van der Waals surface area contributed by atoms with Crippen molar-refractivity contribution in [2.24, 2.45) is 0 Å². The second kappa shape index (κ2) is 6.91. The highest BCUT2D eigenvalue weighted by Crippen LogP contribution is 2.28. The van der Waals surface area contributed by atoms with Gasteiger partial charge < -0.3 is 25.0 Å². The number of ether oxygens (including phenoxy) is 1. The van der Waals surface area contributed by atoms with E-state index in [2.05, 4.69) is 10.3 Å². The molecule has 0 bridgehead atoms. The number of amides is 2. The summed E-state index contributed by atoms with van der Waals surface area (Å²) >= 11 is 0. The second-order valence-corrected chi connectivity index (χ2v) is 5.85. The van der Waals surface area contributed by atoms with E-state index in [1.54, 1.807) is 12.0 Å². The number of carbonyl (C=O) groups is 1. The maximum Gasteiger partial charge on any atom is 0.317 e. The third-order valence-corrected chi connectivity index (χ3v) is 4.49. The molecule has 1 fully saturated rings. The summed E-state index contributed by atoms with van der Waals surface area (Å²) in [6.45, 7) is 1.31. The van der Waals surface area contributed by atoms with Gasteiger partial charge in [0, 0.05) is 30.2 Å². The molecule has 6 heteroatoms. The fourth-order valence-electron chi connectivity index (χ4n) is 3.29. The lowest BCUT2D eigenvalue weighted by Crippen LogP contribution is -2.44. The molecule has 0 aliphatic carbocycles. The number of fused-ring (bicyclic) bond motifs is 1. The molecule has 1 aliphatic heterocycles. The minimum atomic E-state index is -0.0895. The summed E-state index contributed by atoms with van der Waals surface area (Å²) < 4.78 is 5.42. The fraction of sp³-hybridized carbons (Fsp3) is 0.471. The number of aliphatic hydroxyl groups is 1. The molecule has 2 aromatic rings. The molecule has 1 saturated heterocycles. The number of methoxy groups -OCH3 is 1. The van der Waals surface area contributed by atoms with Crippen molar-refractivity contribution < 1.29 is 14.6 Å². The average Bonchev–Trinajstić information content (AvgIpc) is 3.21. The van der Waals surface area contributed by atoms with Crippen molar-refractivity contribution in [2.45, 2.75) is 25.3 Å². The summed E-state index contributed by atoms with van der Waals surface area (Å²) in [5.41, 5.74) is 2.16. The molecule has 1 aromatic heterocycles. The molecule has 3 N–H and O–H groups in total. The molecule has 1 aromatic carbocycles. The van der Waals surface area contributed by atoms with Gasteiger partial charge in [-0.15, -0.1) is 0 Å². The van der Waals surface area contributed by atoms with E-state index in [4.69, 9.17) is 4.74 Å². The van der Waals surface area contributed by atoms with Gasteiger partial charge in [-0.1, -0.05) is 6.07 Å². The smallest absolute Gasteiger partial charge is 0.317 e. The van der Waals surface area contributed by atoms with Gasteiger partial charge in [-0.05, 0) is 37.0 Å². The third kappa shape index (κ3) is 3.12. The lowest BCUT2D eigenvalue weighted by molar-refractivity contribution is 0.157. The van der Waals surface area contributed by atoms with E-state index in [-0.39, 0.29) is 18.7 Å². The molecule has 23 heavy (non-hydrogen) atoms. The second-order valence-electron chi connectivity index (χ2n) is 5.85. The maximum absolute atomic E-state index is 12.2. The number of nitrogens with zero attached hydrogens (tertiary/aromatic N) is 1. The first-order chi connectivity index (χ1) is 11.2. The molecule has 0 radical (unpaired) electrons. The molecular formula is C17H23N3O3. The van der Waals surface area contributed by atoms with Crippen molar-refractivity contribution >= 4 is 16.9 Å². The SMILES string of the molecule is COc1cccc2[nH]cc(CCNC(=O)N3CCCC3CO)c12. The first kappa shape index (κ1) is 15.7. The number of aliphatic hydroxyl groups excluding tert-OH is 1. The van der Waals surface area contributed by atoms with E-state index in [1.165, 1.54) is 0 Å². The van der Waals surface area contributed by atoms with Gasteiger partial charge in [0.15, 0.2) is 0 Å². The summed E-state index contributed by atoms with van der Waals surface area (Å²) in [7, 11) is 1.66.